The quantitative estimate of drug-likeness (QED) is 0.123. The summed E-state index contributed by atoms with van der Waals surface area (Å²) in [5.74, 6) is -0.133. The molecule has 3 nitrogen and oxygen atoms in total. The van der Waals surface area contributed by atoms with Crippen LogP contribution in [0, 0.1) is 25.0 Å². The number of nitrogens with zero attached hydrogens (tertiary/aromatic N) is 2. The molecule has 10 aromatic rings. The Morgan fingerprint density at radius 3 is 2.33 bits per heavy atom. The van der Waals surface area contributed by atoms with Crippen LogP contribution in [0.15, 0.2) is 144 Å². The smallest absolute Gasteiger partial charge is 0.120 e. The molecule has 0 N–H and O–H groups in total. The van der Waals surface area contributed by atoms with Gasteiger partial charge in [0.2, 0.25) is 0 Å². The summed E-state index contributed by atoms with van der Waals surface area (Å²) >= 11 is 1.75. The van der Waals surface area contributed by atoms with Crippen LogP contribution in [-0.2, 0) is 26.5 Å². The number of fused-ring (bicyclic) bond motifs is 7. The summed E-state index contributed by atoms with van der Waals surface area (Å²) in [4.78, 5) is 9.31. The van der Waals surface area contributed by atoms with Crippen LogP contribution < -0.4 is 5.19 Å². The summed E-state index contributed by atoms with van der Waals surface area (Å²) in [6.07, 6.45) is 2.32. The molecule has 0 aliphatic rings. The van der Waals surface area contributed by atoms with E-state index in [0.29, 0.717) is 5.56 Å². The first kappa shape index (κ1) is 37.1. The van der Waals surface area contributed by atoms with Crippen LogP contribution >= 0.6 is 11.3 Å². The molecule has 10 rings (SSSR count). The van der Waals surface area contributed by atoms with Gasteiger partial charge in [0.25, 0.3) is 0 Å². The van der Waals surface area contributed by atoms with Crippen molar-refractivity contribution < 1.29 is 27.3 Å². The molecule has 58 heavy (non-hydrogen) atoms. The van der Waals surface area contributed by atoms with Gasteiger partial charge >= 0.3 is 0 Å². The molecule has 0 amide bonds. The first-order valence-electron chi connectivity index (χ1n) is 20.5. The third-order valence-corrected chi connectivity index (χ3v) is 13.7. The van der Waals surface area contributed by atoms with E-state index in [0.717, 1.165) is 54.7 Å². The zero-order valence-electron chi connectivity index (χ0n) is 35.4. The predicted octanol–water partition coefficient (Wildman–Crippen LogP) is 14.2. The van der Waals surface area contributed by atoms with Crippen LogP contribution in [0.3, 0.4) is 0 Å². The van der Waals surface area contributed by atoms with Crippen molar-refractivity contribution in [2.75, 3.05) is 0 Å². The van der Waals surface area contributed by atoms with E-state index in [-0.39, 0.29) is 26.0 Å². The summed E-state index contributed by atoms with van der Waals surface area (Å²) in [6, 6.07) is 50.9. The minimum atomic E-state index is -1.42. The number of aryl methyl sites for hydroxylation is 1. The molecule has 1 radical (unpaired) electrons. The monoisotopic (exact) mass is 967 g/mol. The van der Waals surface area contributed by atoms with E-state index in [4.69, 9.17) is 7.16 Å². The molecule has 6 aromatic carbocycles. The SMILES string of the molecule is C[Si](C)(C)c1ccc(-c2[c-]cc3oc4ccccc4c3c2)nc1.[2H]C([2H])(c1ccnc(-c2[c-]c(C)cc3c2sc2ccc(-c4cccc5ccccc45)cc23)c1)C(C)C.[Ir]. The normalized spacial score (nSPS) is 12.5. The van der Waals surface area contributed by atoms with E-state index in [1.54, 1.807) is 23.6 Å². The van der Waals surface area contributed by atoms with Gasteiger partial charge in [-0.25, -0.2) is 0 Å². The van der Waals surface area contributed by atoms with Gasteiger partial charge in [-0.1, -0.05) is 142 Å². The van der Waals surface area contributed by atoms with Crippen molar-refractivity contribution in [2.45, 2.75) is 46.8 Å². The Labute approximate surface area is 362 Å². The van der Waals surface area contributed by atoms with Gasteiger partial charge in [0.1, 0.15) is 5.58 Å². The van der Waals surface area contributed by atoms with Crippen molar-refractivity contribution in [1.29, 1.82) is 0 Å². The van der Waals surface area contributed by atoms with Crippen LogP contribution in [0.5, 0.6) is 0 Å². The zero-order chi connectivity index (χ0) is 41.1. The Balaban J connectivity index is 0.000000179. The van der Waals surface area contributed by atoms with Crippen molar-refractivity contribution in [3.05, 3.63) is 163 Å². The van der Waals surface area contributed by atoms with Gasteiger partial charge in [-0.15, -0.1) is 47.0 Å². The van der Waals surface area contributed by atoms with Crippen LogP contribution in [0.4, 0.5) is 0 Å². The van der Waals surface area contributed by atoms with E-state index in [1.807, 2.05) is 50.4 Å². The molecule has 0 aliphatic carbocycles. The number of furan rings is 1. The number of hydrogen-bond donors (Lipinski definition) is 0. The summed E-state index contributed by atoms with van der Waals surface area (Å²) in [5, 5.41) is 8.54. The molecule has 0 saturated carbocycles. The van der Waals surface area contributed by atoms with Gasteiger partial charge in [-0.2, -0.15) is 11.3 Å². The molecular weight excluding hydrogens is 921 g/mol. The van der Waals surface area contributed by atoms with Crippen molar-refractivity contribution in [2.24, 2.45) is 5.92 Å². The number of thiophene rings is 1. The molecular formula is C52H44IrN2OSSi-2. The summed E-state index contributed by atoms with van der Waals surface area (Å²) in [6.45, 7) is 12.9. The second kappa shape index (κ2) is 16.2. The van der Waals surface area contributed by atoms with E-state index in [9.17, 15) is 0 Å². The summed E-state index contributed by atoms with van der Waals surface area (Å²) < 4.78 is 25.4. The summed E-state index contributed by atoms with van der Waals surface area (Å²) in [7, 11) is -1.31. The van der Waals surface area contributed by atoms with E-state index < -0.39 is 14.4 Å². The van der Waals surface area contributed by atoms with Crippen molar-refractivity contribution in [1.82, 2.24) is 9.97 Å². The average molecular weight is 967 g/mol. The number of para-hydroxylation sites is 1. The van der Waals surface area contributed by atoms with Crippen molar-refractivity contribution >= 4 is 77.5 Å². The average Bonchev–Trinajstić information content (AvgIpc) is 3.80. The Kier molecular flexibility index (Phi) is 10.3. The van der Waals surface area contributed by atoms with Gasteiger partial charge in [0, 0.05) is 45.3 Å². The second-order valence-electron chi connectivity index (χ2n) is 16.0. The minimum Gasteiger partial charge on any atom is -0.500 e. The second-order valence-corrected chi connectivity index (χ2v) is 22.2. The molecule has 0 unspecified atom stereocenters. The first-order valence-corrected chi connectivity index (χ1v) is 23.8. The van der Waals surface area contributed by atoms with E-state index in [2.05, 4.69) is 140 Å². The predicted molar refractivity (Wildman–Crippen MR) is 246 cm³/mol. The third-order valence-electron chi connectivity index (χ3n) is 10.4. The largest absolute Gasteiger partial charge is 0.500 e. The number of pyridine rings is 2. The standard InChI is InChI=1S/C32H26NS.C20H18NOSi.Ir/c1-20(2)15-22-13-14-33-30(18-22)29-17-21(3)16-28-27-19-24(11-12-31(27)34-32(28)29)26-10-6-8-23-7-4-5-9-25(23)26;1-23(2,3)15-9-10-18(21-13-15)14-8-11-20-17(12-14)16-6-4-5-7-19(16)22-20;/h4-14,16,18-20H,15H2,1-3H3;4-7,9-13H,1-3H3;/q2*-1;/i15D2;;. The van der Waals surface area contributed by atoms with Crippen LogP contribution in [0.25, 0.3) is 86.5 Å². The van der Waals surface area contributed by atoms with Crippen molar-refractivity contribution in [3.8, 4) is 33.6 Å². The Morgan fingerprint density at radius 1 is 0.741 bits per heavy atom. The van der Waals surface area contributed by atoms with Gasteiger partial charge in [0.05, 0.1) is 13.7 Å². The van der Waals surface area contributed by atoms with Crippen LogP contribution in [0.1, 0.15) is 27.7 Å². The Morgan fingerprint density at radius 2 is 1.53 bits per heavy atom. The fourth-order valence-electron chi connectivity index (χ4n) is 7.58. The molecule has 0 spiro atoms. The Hall–Kier alpha value is -5.23. The van der Waals surface area contributed by atoms with E-state index >= 15 is 0 Å². The minimum absolute atomic E-state index is 0. The molecule has 0 atom stereocenters. The Bertz CT molecular complexity index is 3180. The maximum atomic E-state index is 8.57. The fourth-order valence-corrected chi connectivity index (χ4v) is 9.79. The third kappa shape index (κ3) is 7.82. The number of hydrogen-bond acceptors (Lipinski definition) is 4. The summed E-state index contributed by atoms with van der Waals surface area (Å²) in [5.41, 5.74) is 9.60. The molecule has 4 aromatic heterocycles. The maximum absolute atomic E-state index is 8.57. The fraction of sp³-hybridized carbons (Fsp3) is 0.154. The first-order chi connectivity index (χ1) is 28.3. The molecule has 0 saturated heterocycles. The van der Waals surface area contributed by atoms with Crippen molar-refractivity contribution in [3.63, 3.8) is 0 Å². The molecule has 4 heterocycles. The van der Waals surface area contributed by atoms with Gasteiger partial charge in [-0.3, -0.25) is 0 Å². The topological polar surface area (TPSA) is 38.9 Å². The maximum Gasteiger partial charge on any atom is 0.120 e. The molecule has 6 heteroatoms. The molecule has 0 fully saturated rings. The molecule has 0 bridgehead atoms. The zero-order valence-corrected chi connectivity index (χ0v) is 37.6. The number of rotatable bonds is 6. The van der Waals surface area contributed by atoms with Crippen LogP contribution in [-0.4, -0.2) is 18.0 Å². The van der Waals surface area contributed by atoms with Gasteiger partial charge < -0.3 is 14.4 Å². The molecule has 0 aliphatic heterocycles. The van der Waals surface area contributed by atoms with Gasteiger partial charge in [0.15, 0.2) is 0 Å². The molecule has 289 valence electrons. The van der Waals surface area contributed by atoms with E-state index in [1.165, 1.54) is 42.6 Å². The number of aromatic nitrogens is 2. The van der Waals surface area contributed by atoms with Gasteiger partial charge in [-0.05, 0) is 85.1 Å². The van der Waals surface area contributed by atoms with Crippen LogP contribution in [0.2, 0.25) is 19.6 Å². The number of benzene rings is 6.